The number of benzene rings is 1. The SMILES string of the molecule is Cn1nncc1S(=O)(=O)NC1CC(c2cccc(F)c2)C1. The summed E-state index contributed by atoms with van der Waals surface area (Å²) in [6.07, 6.45) is 2.53. The van der Waals surface area contributed by atoms with E-state index in [9.17, 15) is 12.8 Å². The van der Waals surface area contributed by atoms with Gasteiger partial charge in [0.25, 0.3) is 10.0 Å². The highest BCUT2D eigenvalue weighted by Gasteiger charge is 2.34. The van der Waals surface area contributed by atoms with Crippen LogP contribution in [-0.2, 0) is 17.1 Å². The summed E-state index contributed by atoms with van der Waals surface area (Å²) >= 11 is 0. The van der Waals surface area contributed by atoms with E-state index in [1.54, 1.807) is 6.07 Å². The smallest absolute Gasteiger partial charge is 0.236 e. The highest BCUT2D eigenvalue weighted by Crippen LogP contribution is 2.37. The van der Waals surface area contributed by atoms with Gasteiger partial charge in [-0.05, 0) is 36.5 Å². The fraction of sp³-hybridized carbons (Fsp3) is 0.385. The molecule has 0 radical (unpaired) electrons. The molecule has 1 aliphatic rings. The quantitative estimate of drug-likeness (QED) is 0.920. The molecule has 1 heterocycles. The second-order valence-electron chi connectivity index (χ2n) is 5.24. The van der Waals surface area contributed by atoms with Crippen LogP contribution >= 0.6 is 0 Å². The molecule has 2 aromatic rings. The van der Waals surface area contributed by atoms with Gasteiger partial charge in [-0.15, -0.1) is 5.10 Å². The lowest BCUT2D eigenvalue weighted by molar-refractivity contribution is 0.325. The van der Waals surface area contributed by atoms with E-state index in [0.29, 0.717) is 12.8 Å². The van der Waals surface area contributed by atoms with Crippen molar-refractivity contribution in [1.29, 1.82) is 0 Å². The number of hydrogen-bond acceptors (Lipinski definition) is 4. The van der Waals surface area contributed by atoms with Gasteiger partial charge in [0.1, 0.15) is 5.82 Å². The number of sulfonamides is 1. The van der Waals surface area contributed by atoms with Crippen molar-refractivity contribution in [2.24, 2.45) is 7.05 Å². The molecule has 1 fully saturated rings. The van der Waals surface area contributed by atoms with Crippen molar-refractivity contribution in [3.05, 3.63) is 41.8 Å². The monoisotopic (exact) mass is 310 g/mol. The Hall–Kier alpha value is -1.80. The highest BCUT2D eigenvalue weighted by molar-refractivity contribution is 7.89. The second-order valence-corrected chi connectivity index (χ2v) is 6.90. The van der Waals surface area contributed by atoms with Gasteiger partial charge in [-0.2, -0.15) is 0 Å². The summed E-state index contributed by atoms with van der Waals surface area (Å²) in [5.41, 5.74) is 0.910. The molecule has 21 heavy (non-hydrogen) atoms. The third-order valence-corrected chi connectivity index (χ3v) is 5.29. The lowest BCUT2D eigenvalue weighted by Gasteiger charge is -2.35. The Labute approximate surface area is 122 Å². The predicted molar refractivity (Wildman–Crippen MR) is 73.5 cm³/mol. The van der Waals surface area contributed by atoms with Gasteiger partial charge in [-0.1, -0.05) is 17.3 Å². The zero-order valence-corrected chi connectivity index (χ0v) is 12.2. The standard InChI is InChI=1S/C13H15FN4O2S/c1-18-13(8-15-17-18)21(19,20)16-12-6-10(7-12)9-3-2-4-11(14)5-9/h2-5,8,10,12,16H,6-7H2,1H3. The van der Waals surface area contributed by atoms with Crippen molar-refractivity contribution in [2.45, 2.75) is 29.8 Å². The van der Waals surface area contributed by atoms with E-state index in [0.717, 1.165) is 5.56 Å². The lowest BCUT2D eigenvalue weighted by Crippen LogP contribution is -2.43. The highest BCUT2D eigenvalue weighted by atomic mass is 32.2. The second kappa shape index (κ2) is 5.19. The van der Waals surface area contributed by atoms with Gasteiger partial charge >= 0.3 is 0 Å². The van der Waals surface area contributed by atoms with Crippen molar-refractivity contribution < 1.29 is 12.8 Å². The molecule has 0 atom stereocenters. The molecule has 1 saturated carbocycles. The Morgan fingerprint density at radius 3 is 2.76 bits per heavy atom. The lowest BCUT2D eigenvalue weighted by atomic mass is 9.76. The molecule has 6 nitrogen and oxygen atoms in total. The maximum Gasteiger partial charge on any atom is 0.259 e. The van der Waals surface area contributed by atoms with Crippen molar-refractivity contribution in [3.8, 4) is 0 Å². The summed E-state index contributed by atoms with van der Waals surface area (Å²) in [4.78, 5) is 0. The Kier molecular flexibility index (Phi) is 3.50. The number of nitrogens with one attached hydrogen (secondary N) is 1. The number of rotatable bonds is 4. The molecule has 0 saturated heterocycles. The average Bonchev–Trinajstić information content (AvgIpc) is 2.80. The molecular formula is C13H15FN4O2S. The molecule has 8 heteroatoms. The summed E-state index contributed by atoms with van der Waals surface area (Å²) in [6, 6.07) is 6.30. The number of nitrogens with zero attached hydrogens (tertiary/aromatic N) is 3. The Bertz CT molecular complexity index is 753. The van der Waals surface area contributed by atoms with Gasteiger partial charge < -0.3 is 0 Å². The van der Waals surface area contributed by atoms with Crippen LogP contribution in [0.5, 0.6) is 0 Å². The molecule has 1 aliphatic carbocycles. The molecule has 0 amide bonds. The molecular weight excluding hydrogens is 295 g/mol. The number of aryl methyl sites for hydroxylation is 1. The normalized spacial score (nSPS) is 22.0. The Morgan fingerprint density at radius 1 is 1.38 bits per heavy atom. The van der Waals surface area contributed by atoms with Gasteiger partial charge in [0, 0.05) is 13.1 Å². The van der Waals surface area contributed by atoms with Crippen LogP contribution < -0.4 is 4.72 Å². The van der Waals surface area contributed by atoms with Crippen LogP contribution in [0.1, 0.15) is 24.3 Å². The minimum Gasteiger partial charge on any atom is -0.236 e. The molecule has 3 rings (SSSR count). The summed E-state index contributed by atoms with van der Waals surface area (Å²) in [7, 11) is -2.08. The topological polar surface area (TPSA) is 76.9 Å². The van der Waals surface area contributed by atoms with Crippen LogP contribution in [0.2, 0.25) is 0 Å². The van der Waals surface area contributed by atoms with Crippen molar-refractivity contribution in [1.82, 2.24) is 19.7 Å². The maximum absolute atomic E-state index is 13.2. The fourth-order valence-corrected chi connectivity index (χ4v) is 3.87. The molecule has 112 valence electrons. The van der Waals surface area contributed by atoms with Gasteiger partial charge in [-0.3, -0.25) is 0 Å². The van der Waals surface area contributed by atoms with E-state index in [4.69, 9.17) is 0 Å². The van der Waals surface area contributed by atoms with Crippen molar-refractivity contribution in [2.75, 3.05) is 0 Å². The van der Waals surface area contributed by atoms with E-state index in [2.05, 4.69) is 15.0 Å². The van der Waals surface area contributed by atoms with Crippen LogP contribution in [0, 0.1) is 5.82 Å². The van der Waals surface area contributed by atoms with E-state index < -0.39 is 10.0 Å². The first-order valence-corrected chi connectivity index (χ1v) is 8.06. The van der Waals surface area contributed by atoms with E-state index in [1.165, 1.54) is 30.1 Å². The van der Waals surface area contributed by atoms with Crippen LogP contribution in [-0.4, -0.2) is 29.5 Å². The molecule has 0 spiro atoms. The van der Waals surface area contributed by atoms with E-state index in [1.807, 2.05) is 6.07 Å². The van der Waals surface area contributed by atoms with Crippen molar-refractivity contribution >= 4 is 10.0 Å². The Balaban J connectivity index is 1.64. The van der Waals surface area contributed by atoms with Crippen LogP contribution in [0.3, 0.4) is 0 Å². The zero-order chi connectivity index (χ0) is 15.0. The molecule has 1 aromatic heterocycles. The Morgan fingerprint density at radius 2 is 2.14 bits per heavy atom. The summed E-state index contributed by atoms with van der Waals surface area (Å²) in [5, 5.41) is 7.21. The van der Waals surface area contributed by atoms with Gasteiger partial charge in [-0.25, -0.2) is 22.2 Å². The van der Waals surface area contributed by atoms with Crippen molar-refractivity contribution in [3.63, 3.8) is 0 Å². The summed E-state index contributed by atoms with van der Waals surface area (Å²) in [6.45, 7) is 0. The summed E-state index contributed by atoms with van der Waals surface area (Å²) < 4.78 is 41.3. The molecule has 0 unspecified atom stereocenters. The van der Waals surface area contributed by atoms with Gasteiger partial charge in [0.2, 0.25) is 0 Å². The maximum atomic E-state index is 13.2. The summed E-state index contributed by atoms with van der Waals surface area (Å²) in [5.74, 6) is -0.0736. The third-order valence-electron chi connectivity index (χ3n) is 3.73. The van der Waals surface area contributed by atoms with Gasteiger partial charge in [0.05, 0.1) is 6.20 Å². The van der Waals surface area contributed by atoms with E-state index >= 15 is 0 Å². The molecule has 1 N–H and O–H groups in total. The third kappa shape index (κ3) is 2.81. The first-order chi connectivity index (χ1) is 9.95. The number of aromatic nitrogens is 3. The number of hydrogen-bond donors (Lipinski definition) is 1. The largest absolute Gasteiger partial charge is 0.259 e. The minimum absolute atomic E-state index is 0.0386. The zero-order valence-electron chi connectivity index (χ0n) is 11.4. The fourth-order valence-electron chi connectivity index (χ4n) is 2.55. The van der Waals surface area contributed by atoms with Gasteiger partial charge in [0.15, 0.2) is 5.03 Å². The minimum atomic E-state index is -3.61. The average molecular weight is 310 g/mol. The van der Waals surface area contributed by atoms with Crippen LogP contribution in [0.25, 0.3) is 0 Å². The van der Waals surface area contributed by atoms with Crippen LogP contribution in [0.4, 0.5) is 4.39 Å². The first kappa shape index (κ1) is 14.2. The molecule has 0 bridgehead atoms. The van der Waals surface area contributed by atoms with Crippen LogP contribution in [0.15, 0.2) is 35.5 Å². The van der Waals surface area contributed by atoms with E-state index in [-0.39, 0.29) is 22.8 Å². The predicted octanol–water partition coefficient (Wildman–Crippen LogP) is 1.18. The first-order valence-electron chi connectivity index (χ1n) is 6.58. The molecule has 1 aromatic carbocycles. The number of halogens is 1. The molecule has 0 aliphatic heterocycles.